The summed E-state index contributed by atoms with van der Waals surface area (Å²) < 4.78 is 0. The van der Waals surface area contributed by atoms with Crippen molar-refractivity contribution in [3.05, 3.63) is 71.8 Å². The third-order valence-electron chi connectivity index (χ3n) is 6.43. The van der Waals surface area contributed by atoms with E-state index in [0.29, 0.717) is 0 Å². The Labute approximate surface area is 168 Å². The Kier molecular flexibility index (Phi) is 6.08. The first-order valence-corrected chi connectivity index (χ1v) is 10.6. The van der Waals surface area contributed by atoms with Gasteiger partial charge >= 0.3 is 0 Å². The average Bonchev–Trinajstić information content (AvgIpc) is 3.30. The van der Waals surface area contributed by atoms with E-state index in [1.807, 2.05) is 0 Å². The van der Waals surface area contributed by atoms with Crippen molar-refractivity contribution in [2.45, 2.75) is 43.7 Å². The maximum atomic E-state index is 12.6. The number of piperidine rings is 1. The second-order valence-corrected chi connectivity index (χ2v) is 8.27. The smallest absolute Gasteiger partial charge is 0.237 e. The molecule has 2 N–H and O–H groups in total. The van der Waals surface area contributed by atoms with Crippen LogP contribution in [0.3, 0.4) is 0 Å². The molecule has 2 heterocycles. The van der Waals surface area contributed by atoms with Gasteiger partial charge in [0.05, 0.1) is 6.04 Å². The summed E-state index contributed by atoms with van der Waals surface area (Å²) in [5.41, 5.74) is 2.76. The van der Waals surface area contributed by atoms with Gasteiger partial charge in [-0.25, -0.2) is 0 Å². The van der Waals surface area contributed by atoms with Gasteiger partial charge < -0.3 is 10.6 Å². The molecule has 0 radical (unpaired) electrons. The van der Waals surface area contributed by atoms with Gasteiger partial charge in [0.2, 0.25) is 5.91 Å². The van der Waals surface area contributed by atoms with Crippen molar-refractivity contribution in [3.8, 4) is 0 Å². The lowest BCUT2D eigenvalue weighted by Gasteiger charge is -2.42. The lowest BCUT2D eigenvalue weighted by Crippen LogP contribution is -2.51. The van der Waals surface area contributed by atoms with E-state index in [-0.39, 0.29) is 17.4 Å². The zero-order valence-electron chi connectivity index (χ0n) is 16.6. The highest BCUT2D eigenvalue weighted by molar-refractivity contribution is 5.82. The van der Waals surface area contributed by atoms with Crippen molar-refractivity contribution in [2.75, 3.05) is 26.2 Å². The van der Waals surface area contributed by atoms with Crippen molar-refractivity contribution in [3.63, 3.8) is 0 Å². The second-order valence-electron chi connectivity index (χ2n) is 8.27. The van der Waals surface area contributed by atoms with Crippen LogP contribution in [0.15, 0.2) is 60.7 Å². The van der Waals surface area contributed by atoms with Gasteiger partial charge in [-0.3, -0.25) is 9.69 Å². The Hall–Kier alpha value is -2.17. The maximum absolute atomic E-state index is 12.6. The third-order valence-corrected chi connectivity index (χ3v) is 6.43. The first-order valence-electron chi connectivity index (χ1n) is 10.6. The Morgan fingerprint density at radius 3 is 2.36 bits per heavy atom. The quantitative estimate of drug-likeness (QED) is 0.813. The highest BCUT2D eigenvalue weighted by Gasteiger charge is 2.37. The van der Waals surface area contributed by atoms with Gasteiger partial charge in [0.25, 0.3) is 0 Å². The summed E-state index contributed by atoms with van der Waals surface area (Å²) >= 11 is 0. The van der Waals surface area contributed by atoms with E-state index >= 15 is 0 Å². The SMILES string of the molecule is O=C(NCC1(c2ccccc2)CCN(Cc2ccccc2)CC1)[C@H]1CCCN1. The minimum atomic E-state index is -0.00834. The van der Waals surface area contributed by atoms with Gasteiger partial charge in [-0.05, 0) is 56.4 Å². The summed E-state index contributed by atoms with van der Waals surface area (Å²) in [4.78, 5) is 15.1. The van der Waals surface area contributed by atoms with Crippen LogP contribution < -0.4 is 10.6 Å². The molecule has 2 aliphatic heterocycles. The maximum Gasteiger partial charge on any atom is 0.237 e. The summed E-state index contributed by atoms with van der Waals surface area (Å²) in [6.45, 7) is 4.80. The fourth-order valence-corrected chi connectivity index (χ4v) is 4.63. The van der Waals surface area contributed by atoms with Crippen LogP contribution in [-0.2, 0) is 16.8 Å². The van der Waals surface area contributed by atoms with Crippen molar-refractivity contribution in [2.24, 2.45) is 0 Å². The molecule has 2 aromatic rings. The number of benzene rings is 2. The minimum absolute atomic E-state index is 0.00834. The Bertz CT molecular complexity index is 748. The number of carbonyl (C=O) groups excluding carboxylic acids is 1. The molecule has 2 saturated heterocycles. The molecule has 1 amide bonds. The third kappa shape index (κ3) is 4.45. The van der Waals surface area contributed by atoms with Crippen molar-refractivity contribution in [1.29, 1.82) is 0 Å². The Morgan fingerprint density at radius 2 is 1.71 bits per heavy atom. The molecule has 4 heteroatoms. The molecule has 0 aliphatic carbocycles. The van der Waals surface area contributed by atoms with Gasteiger partial charge in [0.15, 0.2) is 0 Å². The molecule has 0 saturated carbocycles. The molecule has 2 fully saturated rings. The van der Waals surface area contributed by atoms with Crippen LogP contribution >= 0.6 is 0 Å². The van der Waals surface area contributed by atoms with Crippen LogP contribution in [-0.4, -0.2) is 43.0 Å². The van der Waals surface area contributed by atoms with Crippen LogP contribution in [0, 0.1) is 0 Å². The summed E-state index contributed by atoms with van der Waals surface area (Å²) in [7, 11) is 0. The Morgan fingerprint density at radius 1 is 1.04 bits per heavy atom. The number of rotatable bonds is 6. The first kappa shape index (κ1) is 19.2. The summed E-state index contributed by atoms with van der Waals surface area (Å²) in [6.07, 6.45) is 4.19. The van der Waals surface area contributed by atoms with Crippen molar-refractivity contribution >= 4 is 5.91 Å². The fraction of sp³-hybridized carbons (Fsp3) is 0.458. The number of nitrogens with zero attached hydrogens (tertiary/aromatic N) is 1. The summed E-state index contributed by atoms with van der Waals surface area (Å²) in [5, 5.41) is 6.59. The highest BCUT2D eigenvalue weighted by Crippen LogP contribution is 2.35. The van der Waals surface area contributed by atoms with Gasteiger partial charge in [-0.15, -0.1) is 0 Å². The summed E-state index contributed by atoms with van der Waals surface area (Å²) in [6, 6.07) is 21.5. The van der Waals surface area contributed by atoms with E-state index in [9.17, 15) is 4.79 Å². The van der Waals surface area contributed by atoms with E-state index in [0.717, 1.165) is 58.4 Å². The predicted octanol–water partition coefficient (Wildman–Crippen LogP) is 3.09. The molecule has 1 atom stereocenters. The fourth-order valence-electron chi connectivity index (χ4n) is 4.63. The van der Waals surface area contributed by atoms with Crippen LogP contribution in [0.25, 0.3) is 0 Å². The normalized spacial score (nSPS) is 22.1. The first-order chi connectivity index (χ1) is 13.8. The molecule has 148 valence electrons. The van der Waals surface area contributed by atoms with E-state index in [4.69, 9.17) is 0 Å². The zero-order valence-corrected chi connectivity index (χ0v) is 16.6. The van der Waals surface area contributed by atoms with Crippen LogP contribution in [0.5, 0.6) is 0 Å². The van der Waals surface area contributed by atoms with Gasteiger partial charge in [0.1, 0.15) is 0 Å². The number of amides is 1. The zero-order chi connectivity index (χ0) is 19.2. The lowest BCUT2D eigenvalue weighted by atomic mass is 9.72. The van der Waals surface area contributed by atoms with Gasteiger partial charge in [-0.2, -0.15) is 0 Å². The van der Waals surface area contributed by atoms with E-state index in [1.54, 1.807) is 0 Å². The molecular formula is C24H31N3O. The molecule has 4 nitrogen and oxygen atoms in total. The largest absolute Gasteiger partial charge is 0.354 e. The Balaban J connectivity index is 1.42. The molecular weight excluding hydrogens is 346 g/mol. The molecule has 0 bridgehead atoms. The molecule has 2 aliphatic rings. The van der Waals surface area contributed by atoms with Crippen LogP contribution in [0.4, 0.5) is 0 Å². The van der Waals surface area contributed by atoms with E-state index in [1.165, 1.54) is 11.1 Å². The predicted molar refractivity (Wildman–Crippen MR) is 113 cm³/mol. The lowest BCUT2D eigenvalue weighted by molar-refractivity contribution is -0.123. The van der Waals surface area contributed by atoms with Gasteiger partial charge in [-0.1, -0.05) is 60.7 Å². The van der Waals surface area contributed by atoms with E-state index in [2.05, 4.69) is 76.2 Å². The molecule has 2 aromatic carbocycles. The number of hydrogen-bond donors (Lipinski definition) is 2. The number of likely N-dealkylation sites (tertiary alicyclic amines) is 1. The van der Waals surface area contributed by atoms with Crippen molar-refractivity contribution < 1.29 is 4.79 Å². The summed E-state index contributed by atoms with van der Waals surface area (Å²) in [5.74, 6) is 0.166. The molecule has 0 spiro atoms. The van der Waals surface area contributed by atoms with Crippen molar-refractivity contribution in [1.82, 2.24) is 15.5 Å². The molecule has 0 unspecified atom stereocenters. The van der Waals surface area contributed by atoms with Crippen LogP contribution in [0.2, 0.25) is 0 Å². The van der Waals surface area contributed by atoms with Crippen LogP contribution in [0.1, 0.15) is 36.8 Å². The monoisotopic (exact) mass is 377 g/mol. The molecule has 0 aromatic heterocycles. The number of nitrogens with one attached hydrogen (secondary N) is 2. The molecule has 28 heavy (non-hydrogen) atoms. The number of hydrogen-bond acceptors (Lipinski definition) is 3. The second kappa shape index (κ2) is 8.89. The van der Waals surface area contributed by atoms with E-state index < -0.39 is 0 Å². The number of carbonyl (C=O) groups is 1. The van der Waals surface area contributed by atoms with Gasteiger partial charge in [0, 0.05) is 18.5 Å². The average molecular weight is 378 g/mol. The minimum Gasteiger partial charge on any atom is -0.354 e. The molecule has 4 rings (SSSR count). The standard InChI is InChI=1S/C24H31N3O/c28-23(22-12-7-15-25-22)26-19-24(21-10-5-2-6-11-21)13-16-27(17-14-24)18-20-8-3-1-4-9-20/h1-6,8-11,22,25H,7,12-19H2,(H,26,28)/t22-/m1/s1. The highest BCUT2D eigenvalue weighted by atomic mass is 16.2. The topological polar surface area (TPSA) is 44.4 Å².